The molecule has 1 aromatic heterocycles. The summed E-state index contributed by atoms with van der Waals surface area (Å²) in [7, 11) is 1.97. The van der Waals surface area contributed by atoms with Crippen molar-refractivity contribution in [3.05, 3.63) is 47.8 Å². The van der Waals surface area contributed by atoms with E-state index in [0.29, 0.717) is 6.54 Å². The SMILES string of the molecule is CCc1nn(C)cc1CN=C(Nc1ccccc1)N1CCCCC1.I. The number of aryl methyl sites for hydroxylation is 2. The van der Waals surface area contributed by atoms with Crippen molar-refractivity contribution >= 4 is 35.6 Å². The molecule has 136 valence electrons. The smallest absolute Gasteiger partial charge is 0.198 e. The lowest BCUT2D eigenvalue weighted by Crippen LogP contribution is -2.40. The van der Waals surface area contributed by atoms with Crippen LogP contribution in [-0.2, 0) is 20.0 Å². The Morgan fingerprint density at radius 3 is 2.56 bits per heavy atom. The highest BCUT2D eigenvalue weighted by Crippen LogP contribution is 2.14. The van der Waals surface area contributed by atoms with Gasteiger partial charge in [-0.15, -0.1) is 24.0 Å². The molecule has 0 atom stereocenters. The number of hydrogen-bond donors (Lipinski definition) is 1. The topological polar surface area (TPSA) is 45.5 Å². The summed E-state index contributed by atoms with van der Waals surface area (Å²) in [6.45, 7) is 4.96. The van der Waals surface area contributed by atoms with Gasteiger partial charge in [-0.05, 0) is 37.8 Å². The van der Waals surface area contributed by atoms with Crippen LogP contribution >= 0.6 is 24.0 Å². The van der Waals surface area contributed by atoms with Crippen LogP contribution in [0.25, 0.3) is 0 Å². The van der Waals surface area contributed by atoms with Crippen LogP contribution in [0.15, 0.2) is 41.5 Å². The number of benzene rings is 1. The highest BCUT2D eigenvalue weighted by molar-refractivity contribution is 14.0. The van der Waals surface area contributed by atoms with E-state index in [1.165, 1.54) is 24.8 Å². The number of aromatic nitrogens is 2. The number of nitrogens with one attached hydrogen (secondary N) is 1. The lowest BCUT2D eigenvalue weighted by molar-refractivity contribution is 0.340. The van der Waals surface area contributed by atoms with Crippen LogP contribution in [0.5, 0.6) is 0 Å². The lowest BCUT2D eigenvalue weighted by Gasteiger charge is -2.30. The molecule has 0 radical (unpaired) electrons. The van der Waals surface area contributed by atoms with Gasteiger partial charge in [0.05, 0.1) is 12.2 Å². The second kappa shape index (κ2) is 9.79. The summed E-state index contributed by atoms with van der Waals surface area (Å²) in [4.78, 5) is 7.29. The largest absolute Gasteiger partial charge is 0.343 e. The molecule has 0 saturated carbocycles. The van der Waals surface area contributed by atoms with E-state index < -0.39 is 0 Å². The molecular formula is C19H28IN5. The van der Waals surface area contributed by atoms with Crippen LogP contribution in [-0.4, -0.2) is 33.7 Å². The first-order valence-electron chi connectivity index (χ1n) is 8.89. The van der Waals surface area contributed by atoms with Gasteiger partial charge in [0.25, 0.3) is 0 Å². The monoisotopic (exact) mass is 453 g/mol. The Labute approximate surface area is 167 Å². The molecule has 1 aliphatic heterocycles. The van der Waals surface area contributed by atoms with E-state index in [9.17, 15) is 0 Å². The molecule has 0 amide bonds. The maximum atomic E-state index is 4.91. The average Bonchev–Trinajstić information content (AvgIpc) is 3.00. The minimum atomic E-state index is 0. The molecule has 1 aromatic carbocycles. The van der Waals surface area contributed by atoms with Crippen molar-refractivity contribution in [2.45, 2.75) is 39.2 Å². The molecule has 0 aliphatic carbocycles. The van der Waals surface area contributed by atoms with E-state index in [4.69, 9.17) is 4.99 Å². The molecule has 2 aromatic rings. The van der Waals surface area contributed by atoms with Crippen LogP contribution in [0.2, 0.25) is 0 Å². The number of likely N-dealkylation sites (tertiary alicyclic amines) is 1. The van der Waals surface area contributed by atoms with E-state index >= 15 is 0 Å². The Morgan fingerprint density at radius 2 is 1.88 bits per heavy atom. The van der Waals surface area contributed by atoms with Crippen LogP contribution < -0.4 is 5.32 Å². The van der Waals surface area contributed by atoms with Crippen LogP contribution in [0.4, 0.5) is 5.69 Å². The zero-order chi connectivity index (χ0) is 16.8. The number of anilines is 1. The predicted octanol–water partition coefficient (Wildman–Crippen LogP) is 4.05. The Hall–Kier alpha value is -1.57. The Balaban J connectivity index is 0.00000225. The third-order valence-corrected chi connectivity index (χ3v) is 4.41. The minimum absolute atomic E-state index is 0. The zero-order valence-electron chi connectivity index (χ0n) is 15.1. The second-order valence-corrected chi connectivity index (χ2v) is 6.31. The van der Waals surface area contributed by atoms with E-state index in [1.54, 1.807) is 0 Å². The van der Waals surface area contributed by atoms with Gasteiger partial charge in [-0.25, -0.2) is 4.99 Å². The molecule has 1 fully saturated rings. The van der Waals surface area contributed by atoms with Gasteiger partial charge < -0.3 is 10.2 Å². The quantitative estimate of drug-likeness (QED) is 0.432. The standard InChI is InChI=1S/C19H27N5.HI/c1-3-18-16(15-23(2)22-18)14-20-19(24-12-8-5-9-13-24)21-17-10-6-4-7-11-17;/h4,6-7,10-11,15H,3,5,8-9,12-14H2,1-2H3,(H,20,21);1H. The maximum Gasteiger partial charge on any atom is 0.198 e. The number of guanidine groups is 1. The van der Waals surface area contributed by atoms with Crippen molar-refractivity contribution in [1.82, 2.24) is 14.7 Å². The summed E-state index contributed by atoms with van der Waals surface area (Å²) >= 11 is 0. The van der Waals surface area contributed by atoms with E-state index in [-0.39, 0.29) is 24.0 Å². The van der Waals surface area contributed by atoms with Gasteiger partial charge >= 0.3 is 0 Å². The number of piperidine rings is 1. The fourth-order valence-corrected chi connectivity index (χ4v) is 3.15. The third kappa shape index (κ3) is 5.45. The van der Waals surface area contributed by atoms with Gasteiger partial charge in [0.2, 0.25) is 0 Å². The maximum absolute atomic E-state index is 4.91. The molecule has 0 unspecified atom stereocenters. The molecule has 6 heteroatoms. The van der Waals surface area contributed by atoms with Gasteiger partial charge in [0.1, 0.15) is 0 Å². The number of para-hydroxylation sites is 1. The summed E-state index contributed by atoms with van der Waals surface area (Å²) < 4.78 is 1.88. The van der Waals surface area contributed by atoms with Gasteiger partial charge in [-0.3, -0.25) is 4.68 Å². The summed E-state index contributed by atoms with van der Waals surface area (Å²) in [6.07, 6.45) is 6.82. The molecule has 25 heavy (non-hydrogen) atoms. The normalized spacial score (nSPS) is 15.0. The first-order valence-corrected chi connectivity index (χ1v) is 8.89. The molecule has 5 nitrogen and oxygen atoms in total. The van der Waals surface area contributed by atoms with E-state index in [0.717, 1.165) is 36.9 Å². The summed E-state index contributed by atoms with van der Waals surface area (Å²) in [5, 5.41) is 8.03. The van der Waals surface area contributed by atoms with Crippen molar-refractivity contribution in [3.8, 4) is 0 Å². The fraction of sp³-hybridized carbons (Fsp3) is 0.474. The molecule has 1 N–H and O–H groups in total. The Bertz CT molecular complexity index is 674. The van der Waals surface area contributed by atoms with E-state index in [2.05, 4.69) is 40.6 Å². The van der Waals surface area contributed by atoms with Gasteiger partial charge in [-0.2, -0.15) is 5.10 Å². The average molecular weight is 453 g/mol. The number of rotatable bonds is 4. The van der Waals surface area contributed by atoms with Crippen molar-refractivity contribution in [2.75, 3.05) is 18.4 Å². The molecule has 1 saturated heterocycles. The summed E-state index contributed by atoms with van der Waals surface area (Å²) in [5.74, 6) is 0.979. The molecule has 0 spiro atoms. The number of aliphatic imine (C=N–C) groups is 1. The molecule has 1 aliphatic rings. The van der Waals surface area contributed by atoms with Crippen molar-refractivity contribution in [1.29, 1.82) is 0 Å². The predicted molar refractivity (Wildman–Crippen MR) is 115 cm³/mol. The van der Waals surface area contributed by atoms with Gasteiger partial charge in [0.15, 0.2) is 5.96 Å². The molecule has 2 heterocycles. The second-order valence-electron chi connectivity index (χ2n) is 6.31. The van der Waals surface area contributed by atoms with Gasteiger partial charge in [-0.1, -0.05) is 25.1 Å². The molecule has 0 bridgehead atoms. The first-order chi connectivity index (χ1) is 11.8. The Morgan fingerprint density at radius 1 is 1.16 bits per heavy atom. The van der Waals surface area contributed by atoms with Crippen LogP contribution in [0, 0.1) is 0 Å². The number of halogens is 1. The number of hydrogen-bond acceptors (Lipinski definition) is 2. The minimum Gasteiger partial charge on any atom is -0.343 e. The van der Waals surface area contributed by atoms with E-state index in [1.807, 2.05) is 29.9 Å². The van der Waals surface area contributed by atoms with Gasteiger partial charge in [0, 0.05) is 37.6 Å². The molecule has 3 rings (SSSR count). The van der Waals surface area contributed by atoms with Crippen LogP contribution in [0.3, 0.4) is 0 Å². The highest BCUT2D eigenvalue weighted by Gasteiger charge is 2.15. The summed E-state index contributed by atoms with van der Waals surface area (Å²) in [6, 6.07) is 10.3. The highest BCUT2D eigenvalue weighted by atomic mass is 127. The fourth-order valence-electron chi connectivity index (χ4n) is 3.15. The number of nitrogens with zero attached hydrogens (tertiary/aromatic N) is 4. The van der Waals surface area contributed by atoms with Crippen LogP contribution in [0.1, 0.15) is 37.4 Å². The zero-order valence-corrected chi connectivity index (χ0v) is 17.4. The van der Waals surface area contributed by atoms with Crippen molar-refractivity contribution in [3.63, 3.8) is 0 Å². The summed E-state index contributed by atoms with van der Waals surface area (Å²) in [5.41, 5.74) is 3.44. The third-order valence-electron chi connectivity index (χ3n) is 4.41. The Kier molecular flexibility index (Phi) is 7.74. The lowest BCUT2D eigenvalue weighted by atomic mass is 10.1. The molecular weight excluding hydrogens is 425 g/mol. The first kappa shape index (κ1) is 19.8. The van der Waals surface area contributed by atoms with Crippen molar-refractivity contribution < 1.29 is 0 Å². The van der Waals surface area contributed by atoms with Crippen molar-refractivity contribution in [2.24, 2.45) is 12.0 Å².